The Balaban J connectivity index is 1.90. The number of halogens is 2. The van der Waals surface area contributed by atoms with Gasteiger partial charge < -0.3 is 14.6 Å². The Morgan fingerprint density at radius 3 is 2.70 bits per heavy atom. The van der Waals surface area contributed by atoms with E-state index in [0.29, 0.717) is 5.65 Å². The predicted octanol–water partition coefficient (Wildman–Crippen LogP) is 2.93. The lowest BCUT2D eigenvalue weighted by Gasteiger charge is -2.11. The van der Waals surface area contributed by atoms with E-state index in [0.717, 1.165) is 23.9 Å². The van der Waals surface area contributed by atoms with Crippen LogP contribution in [0.2, 0.25) is 0 Å². The summed E-state index contributed by atoms with van der Waals surface area (Å²) in [6.45, 7) is 0. The van der Waals surface area contributed by atoms with Gasteiger partial charge in [-0.25, -0.2) is 13.8 Å². The minimum Gasteiger partial charge on any atom is -0.376 e. The van der Waals surface area contributed by atoms with Gasteiger partial charge in [0.25, 0.3) is 5.91 Å². The number of aromatic nitrogens is 2. The van der Waals surface area contributed by atoms with Gasteiger partial charge in [-0.1, -0.05) is 0 Å². The highest BCUT2D eigenvalue weighted by Crippen LogP contribution is 2.18. The van der Waals surface area contributed by atoms with E-state index in [2.05, 4.69) is 10.3 Å². The van der Waals surface area contributed by atoms with E-state index in [1.807, 2.05) is 31.3 Å². The molecule has 0 unspecified atom stereocenters. The summed E-state index contributed by atoms with van der Waals surface area (Å²) in [6.07, 6.45) is 3.36. The topological polar surface area (TPSA) is 49.6 Å². The van der Waals surface area contributed by atoms with Crippen LogP contribution < -0.4 is 10.2 Å². The van der Waals surface area contributed by atoms with Crippen LogP contribution in [0.25, 0.3) is 5.65 Å². The van der Waals surface area contributed by atoms with Crippen molar-refractivity contribution in [2.45, 2.75) is 0 Å². The third-order valence-corrected chi connectivity index (χ3v) is 3.36. The highest BCUT2D eigenvalue weighted by Gasteiger charge is 2.14. The zero-order valence-electron chi connectivity index (χ0n) is 12.5. The van der Waals surface area contributed by atoms with Crippen LogP contribution in [-0.2, 0) is 0 Å². The Hall–Kier alpha value is -2.96. The molecule has 118 valence electrons. The number of hydrogen-bond donors (Lipinski definition) is 1. The van der Waals surface area contributed by atoms with Crippen molar-refractivity contribution in [1.82, 2.24) is 9.38 Å². The molecule has 2 heterocycles. The largest absolute Gasteiger partial charge is 0.376 e. The van der Waals surface area contributed by atoms with Crippen LogP contribution >= 0.6 is 0 Å². The van der Waals surface area contributed by atoms with Gasteiger partial charge in [-0.3, -0.25) is 4.79 Å². The summed E-state index contributed by atoms with van der Waals surface area (Å²) in [5.41, 5.74) is 1.42. The van der Waals surface area contributed by atoms with Crippen molar-refractivity contribution in [3.05, 3.63) is 60.1 Å². The van der Waals surface area contributed by atoms with E-state index >= 15 is 0 Å². The number of imidazole rings is 1. The highest BCUT2D eigenvalue weighted by molar-refractivity contribution is 6.03. The molecule has 0 saturated carbocycles. The summed E-state index contributed by atoms with van der Waals surface area (Å²) < 4.78 is 28.4. The Bertz CT molecular complexity index is 889. The molecule has 5 nitrogen and oxygen atoms in total. The lowest BCUT2D eigenvalue weighted by molar-refractivity contribution is 0.102. The van der Waals surface area contributed by atoms with Crippen LogP contribution in [0.15, 0.2) is 42.7 Å². The van der Waals surface area contributed by atoms with Crippen LogP contribution in [0.4, 0.5) is 20.2 Å². The molecule has 0 aliphatic carbocycles. The average molecular weight is 316 g/mol. The second kappa shape index (κ2) is 5.68. The number of amides is 1. The number of pyridine rings is 1. The summed E-state index contributed by atoms with van der Waals surface area (Å²) in [5, 5.41) is 2.33. The van der Waals surface area contributed by atoms with Gasteiger partial charge in [-0.2, -0.15) is 0 Å². The first-order chi connectivity index (χ1) is 10.9. The van der Waals surface area contributed by atoms with Crippen molar-refractivity contribution in [2.75, 3.05) is 24.3 Å². The molecule has 0 spiro atoms. The smallest absolute Gasteiger partial charge is 0.275 e. The van der Waals surface area contributed by atoms with Crippen LogP contribution in [-0.4, -0.2) is 29.4 Å². The van der Waals surface area contributed by atoms with Crippen molar-refractivity contribution in [3.63, 3.8) is 0 Å². The Morgan fingerprint density at radius 1 is 1.17 bits per heavy atom. The maximum atomic E-state index is 13.6. The third-order valence-electron chi connectivity index (χ3n) is 3.36. The van der Waals surface area contributed by atoms with E-state index in [1.165, 1.54) is 6.20 Å². The van der Waals surface area contributed by atoms with Crippen LogP contribution in [0.5, 0.6) is 0 Å². The van der Waals surface area contributed by atoms with Gasteiger partial charge in [0, 0.05) is 32.6 Å². The first-order valence-electron chi connectivity index (χ1n) is 6.86. The SMILES string of the molecule is CN(C)c1ccc2nc(C(=O)Nc3cc(F)ccc3F)cn2c1. The maximum absolute atomic E-state index is 13.6. The number of carbonyl (C=O) groups is 1. The Morgan fingerprint density at radius 2 is 1.96 bits per heavy atom. The van der Waals surface area contributed by atoms with E-state index < -0.39 is 17.5 Å². The van der Waals surface area contributed by atoms with E-state index in [1.54, 1.807) is 10.5 Å². The van der Waals surface area contributed by atoms with Gasteiger partial charge in [-0.15, -0.1) is 0 Å². The minimum absolute atomic E-state index is 0.115. The van der Waals surface area contributed by atoms with Gasteiger partial charge >= 0.3 is 0 Å². The fraction of sp³-hybridized carbons (Fsp3) is 0.125. The standard InChI is InChI=1S/C16H14F2N4O/c1-21(2)11-4-6-15-19-14(9-22(15)8-11)16(23)20-13-7-10(17)3-5-12(13)18/h3-9H,1-2H3,(H,20,23). The van der Waals surface area contributed by atoms with Crippen molar-refractivity contribution in [2.24, 2.45) is 0 Å². The number of nitrogens with zero attached hydrogens (tertiary/aromatic N) is 3. The van der Waals surface area contributed by atoms with Crippen molar-refractivity contribution in [1.29, 1.82) is 0 Å². The second-order valence-electron chi connectivity index (χ2n) is 5.25. The molecule has 0 aliphatic rings. The summed E-state index contributed by atoms with van der Waals surface area (Å²) in [6, 6.07) is 6.51. The number of benzene rings is 1. The summed E-state index contributed by atoms with van der Waals surface area (Å²) >= 11 is 0. The molecule has 0 bridgehead atoms. The maximum Gasteiger partial charge on any atom is 0.275 e. The quantitative estimate of drug-likeness (QED) is 0.808. The molecular weight excluding hydrogens is 302 g/mol. The first kappa shape index (κ1) is 15.0. The normalized spacial score (nSPS) is 10.8. The third kappa shape index (κ3) is 2.98. The zero-order chi connectivity index (χ0) is 16.6. The number of nitrogens with one attached hydrogen (secondary N) is 1. The number of carbonyl (C=O) groups excluding carboxylic acids is 1. The first-order valence-corrected chi connectivity index (χ1v) is 6.86. The summed E-state index contributed by atoms with van der Waals surface area (Å²) in [4.78, 5) is 18.3. The lowest BCUT2D eigenvalue weighted by atomic mass is 10.3. The van der Waals surface area contributed by atoms with E-state index in [-0.39, 0.29) is 11.4 Å². The van der Waals surface area contributed by atoms with Gasteiger partial charge in [0.1, 0.15) is 23.0 Å². The molecule has 3 rings (SSSR count). The zero-order valence-corrected chi connectivity index (χ0v) is 12.5. The molecule has 7 heteroatoms. The molecule has 3 aromatic rings. The summed E-state index contributed by atoms with van der Waals surface area (Å²) in [5.74, 6) is -1.95. The molecule has 1 amide bonds. The lowest BCUT2D eigenvalue weighted by Crippen LogP contribution is -2.13. The van der Waals surface area contributed by atoms with Crippen molar-refractivity contribution < 1.29 is 13.6 Å². The van der Waals surface area contributed by atoms with Gasteiger partial charge in [-0.05, 0) is 24.3 Å². The van der Waals surface area contributed by atoms with E-state index in [9.17, 15) is 13.6 Å². The number of fused-ring (bicyclic) bond motifs is 1. The average Bonchev–Trinajstić information content (AvgIpc) is 2.94. The molecule has 0 fully saturated rings. The van der Waals surface area contributed by atoms with Crippen LogP contribution in [0, 0.1) is 11.6 Å². The number of rotatable bonds is 3. The van der Waals surface area contributed by atoms with Crippen LogP contribution in [0.3, 0.4) is 0 Å². The van der Waals surface area contributed by atoms with Crippen LogP contribution in [0.1, 0.15) is 10.5 Å². The Kier molecular flexibility index (Phi) is 3.69. The molecule has 1 aromatic carbocycles. The molecule has 2 aromatic heterocycles. The highest BCUT2D eigenvalue weighted by atomic mass is 19.1. The number of hydrogen-bond acceptors (Lipinski definition) is 3. The molecule has 0 radical (unpaired) electrons. The van der Waals surface area contributed by atoms with Gasteiger partial charge in [0.2, 0.25) is 0 Å². The minimum atomic E-state index is -0.710. The molecule has 0 saturated heterocycles. The summed E-state index contributed by atoms with van der Waals surface area (Å²) in [7, 11) is 3.80. The molecule has 23 heavy (non-hydrogen) atoms. The predicted molar refractivity (Wildman–Crippen MR) is 83.8 cm³/mol. The Labute approximate surface area is 131 Å². The fourth-order valence-corrected chi connectivity index (χ4v) is 2.13. The second-order valence-corrected chi connectivity index (χ2v) is 5.25. The van der Waals surface area contributed by atoms with Gasteiger partial charge in [0.15, 0.2) is 0 Å². The molecule has 0 aliphatic heterocycles. The molecule has 0 atom stereocenters. The fourth-order valence-electron chi connectivity index (χ4n) is 2.13. The van der Waals surface area contributed by atoms with Crippen molar-refractivity contribution >= 4 is 22.9 Å². The monoisotopic (exact) mass is 316 g/mol. The van der Waals surface area contributed by atoms with Gasteiger partial charge in [0.05, 0.1) is 11.4 Å². The number of anilines is 2. The van der Waals surface area contributed by atoms with E-state index in [4.69, 9.17) is 0 Å². The van der Waals surface area contributed by atoms with Crippen molar-refractivity contribution in [3.8, 4) is 0 Å². The molecular formula is C16H14F2N4O. The molecule has 1 N–H and O–H groups in total.